The Bertz CT molecular complexity index is 401. The lowest BCUT2D eigenvalue weighted by atomic mass is 10.0. The zero-order valence-electron chi connectivity index (χ0n) is 19.4. The van der Waals surface area contributed by atoms with Crippen LogP contribution in [0.2, 0.25) is 0 Å². The van der Waals surface area contributed by atoms with E-state index in [2.05, 4.69) is 19.1 Å². The molecule has 3 N–H and O–H groups in total. The van der Waals surface area contributed by atoms with Crippen LogP contribution in [-0.4, -0.2) is 59.6 Å². The molecule has 178 valence electrons. The number of hydrogen-bond donors (Lipinski definition) is 3. The molecule has 0 saturated carbocycles. The van der Waals surface area contributed by atoms with E-state index < -0.39 is 24.4 Å². The lowest BCUT2D eigenvalue weighted by molar-refractivity contribution is -0.210. The highest BCUT2D eigenvalue weighted by Gasteiger charge is 2.38. The number of aliphatic hydroxyl groups is 3. The van der Waals surface area contributed by atoms with Gasteiger partial charge in [0.25, 0.3) is 0 Å². The molecule has 0 spiro atoms. The first-order valence-electron chi connectivity index (χ1n) is 12.6. The molecule has 1 fully saturated rings. The minimum absolute atomic E-state index is 0.0995. The van der Waals surface area contributed by atoms with Crippen molar-refractivity contribution in [2.75, 3.05) is 19.8 Å². The van der Waals surface area contributed by atoms with Gasteiger partial charge in [-0.1, -0.05) is 83.3 Å². The lowest BCUT2D eigenvalue weighted by Gasteiger charge is -2.37. The van der Waals surface area contributed by atoms with E-state index in [-0.39, 0.29) is 13.2 Å². The average molecular weight is 429 g/mol. The summed E-state index contributed by atoms with van der Waals surface area (Å²) in [5.41, 5.74) is 0. The molecule has 1 rings (SSSR count). The van der Waals surface area contributed by atoms with Gasteiger partial charge in [-0.25, -0.2) is 0 Å². The van der Waals surface area contributed by atoms with Crippen LogP contribution in [0.1, 0.15) is 103 Å². The van der Waals surface area contributed by atoms with Crippen LogP contribution in [0.3, 0.4) is 0 Å². The van der Waals surface area contributed by atoms with Gasteiger partial charge in [0.2, 0.25) is 0 Å². The molecular weight excluding hydrogens is 380 g/mol. The van der Waals surface area contributed by atoms with Crippen molar-refractivity contribution in [3.63, 3.8) is 0 Å². The Hall–Kier alpha value is -0.460. The van der Waals surface area contributed by atoms with E-state index >= 15 is 0 Å². The second kappa shape index (κ2) is 19.2. The Balaban J connectivity index is 1.84. The van der Waals surface area contributed by atoms with E-state index in [1.54, 1.807) is 0 Å². The third-order valence-electron chi connectivity index (χ3n) is 5.97. The molecule has 0 amide bonds. The predicted octanol–water partition coefficient (Wildman–Crippen LogP) is 4.91. The zero-order valence-corrected chi connectivity index (χ0v) is 19.4. The average Bonchev–Trinajstić information content (AvgIpc) is 2.75. The monoisotopic (exact) mass is 428 g/mol. The highest BCUT2D eigenvalue weighted by Crippen LogP contribution is 2.19. The third kappa shape index (κ3) is 13.1. The zero-order chi connectivity index (χ0) is 21.9. The number of allylic oxidation sites excluding steroid dienone is 2. The van der Waals surface area contributed by atoms with E-state index in [0.29, 0.717) is 6.61 Å². The summed E-state index contributed by atoms with van der Waals surface area (Å²) in [6.45, 7) is 2.63. The SMILES string of the molecule is CCCCCC/C=C/CCCCCCCCCCCO[C@H]1[C@H](O)[C@@H](CO)OC[C@@H]1O. The van der Waals surface area contributed by atoms with Gasteiger partial charge in [-0.3, -0.25) is 0 Å². The van der Waals surface area contributed by atoms with E-state index in [1.165, 1.54) is 83.5 Å². The normalized spacial score (nSPS) is 24.7. The molecule has 0 aromatic carbocycles. The molecule has 0 unspecified atom stereocenters. The van der Waals surface area contributed by atoms with Crippen molar-refractivity contribution < 1.29 is 24.8 Å². The van der Waals surface area contributed by atoms with Crippen molar-refractivity contribution in [1.82, 2.24) is 0 Å². The Kier molecular flexibility index (Phi) is 17.7. The second-order valence-corrected chi connectivity index (χ2v) is 8.74. The first-order chi connectivity index (χ1) is 14.7. The van der Waals surface area contributed by atoms with Gasteiger partial charge in [0.15, 0.2) is 0 Å². The predicted molar refractivity (Wildman–Crippen MR) is 123 cm³/mol. The highest BCUT2D eigenvalue weighted by molar-refractivity contribution is 4.87. The molecule has 0 radical (unpaired) electrons. The van der Waals surface area contributed by atoms with Crippen molar-refractivity contribution in [3.05, 3.63) is 12.2 Å². The van der Waals surface area contributed by atoms with Gasteiger partial charge >= 0.3 is 0 Å². The minimum atomic E-state index is -0.972. The molecule has 5 heteroatoms. The quantitative estimate of drug-likeness (QED) is 0.201. The molecule has 1 aliphatic rings. The summed E-state index contributed by atoms with van der Waals surface area (Å²) in [6.07, 6.45) is 20.7. The van der Waals surface area contributed by atoms with Crippen LogP contribution in [0.4, 0.5) is 0 Å². The summed E-state index contributed by atoms with van der Waals surface area (Å²) < 4.78 is 10.9. The maximum Gasteiger partial charge on any atom is 0.114 e. The third-order valence-corrected chi connectivity index (χ3v) is 5.97. The van der Waals surface area contributed by atoms with Gasteiger partial charge < -0.3 is 24.8 Å². The molecule has 30 heavy (non-hydrogen) atoms. The number of ether oxygens (including phenoxy) is 2. The smallest absolute Gasteiger partial charge is 0.114 e. The van der Waals surface area contributed by atoms with Crippen LogP contribution < -0.4 is 0 Å². The van der Waals surface area contributed by atoms with Crippen molar-refractivity contribution in [3.8, 4) is 0 Å². The summed E-state index contributed by atoms with van der Waals surface area (Å²) in [7, 11) is 0. The molecular formula is C25H48O5. The second-order valence-electron chi connectivity index (χ2n) is 8.74. The van der Waals surface area contributed by atoms with Crippen molar-refractivity contribution in [2.24, 2.45) is 0 Å². The topological polar surface area (TPSA) is 79.2 Å². The molecule has 0 aromatic rings. The van der Waals surface area contributed by atoms with Crippen LogP contribution in [0.25, 0.3) is 0 Å². The van der Waals surface area contributed by atoms with Gasteiger partial charge in [-0.15, -0.1) is 0 Å². The molecule has 0 aromatic heterocycles. The number of aliphatic hydroxyl groups excluding tert-OH is 3. The van der Waals surface area contributed by atoms with Crippen LogP contribution in [-0.2, 0) is 9.47 Å². The van der Waals surface area contributed by atoms with Crippen LogP contribution in [0, 0.1) is 0 Å². The maximum absolute atomic E-state index is 10.1. The number of unbranched alkanes of at least 4 members (excludes halogenated alkanes) is 13. The Morgan fingerprint density at radius 3 is 1.90 bits per heavy atom. The molecule has 1 aliphatic heterocycles. The first kappa shape index (κ1) is 27.6. The van der Waals surface area contributed by atoms with Gasteiger partial charge in [-0.05, 0) is 32.1 Å². The summed E-state index contributed by atoms with van der Waals surface area (Å²) >= 11 is 0. The molecule has 4 atom stereocenters. The Labute approximate surface area is 184 Å². The van der Waals surface area contributed by atoms with Crippen molar-refractivity contribution in [1.29, 1.82) is 0 Å². The molecule has 5 nitrogen and oxygen atoms in total. The summed E-state index contributed by atoms with van der Waals surface area (Å²) in [4.78, 5) is 0. The summed E-state index contributed by atoms with van der Waals surface area (Å²) in [6, 6.07) is 0. The van der Waals surface area contributed by atoms with E-state index in [4.69, 9.17) is 14.6 Å². The van der Waals surface area contributed by atoms with Gasteiger partial charge in [-0.2, -0.15) is 0 Å². The fourth-order valence-electron chi connectivity index (χ4n) is 3.97. The summed E-state index contributed by atoms with van der Waals surface area (Å²) in [5, 5.41) is 29.1. The minimum Gasteiger partial charge on any atom is -0.394 e. The fourth-order valence-corrected chi connectivity index (χ4v) is 3.97. The highest BCUT2D eigenvalue weighted by atomic mass is 16.6. The molecule has 0 bridgehead atoms. The first-order valence-corrected chi connectivity index (χ1v) is 12.6. The van der Waals surface area contributed by atoms with Gasteiger partial charge in [0.1, 0.15) is 24.4 Å². The molecule has 0 aliphatic carbocycles. The van der Waals surface area contributed by atoms with Crippen molar-refractivity contribution >= 4 is 0 Å². The van der Waals surface area contributed by atoms with Gasteiger partial charge in [0, 0.05) is 6.61 Å². The summed E-state index contributed by atoms with van der Waals surface area (Å²) in [5.74, 6) is 0. The number of hydrogen-bond acceptors (Lipinski definition) is 5. The largest absolute Gasteiger partial charge is 0.394 e. The number of rotatable bonds is 19. The van der Waals surface area contributed by atoms with Gasteiger partial charge in [0.05, 0.1) is 13.2 Å². The Morgan fingerprint density at radius 1 is 0.800 bits per heavy atom. The Morgan fingerprint density at radius 2 is 1.33 bits per heavy atom. The fraction of sp³-hybridized carbons (Fsp3) is 0.920. The maximum atomic E-state index is 10.1. The molecule has 1 heterocycles. The standard InChI is InChI=1S/C25H48O5/c1-2-3-4-5-6-7-8-9-10-11-12-13-14-15-16-17-18-19-29-25-22(27)21-30-23(20-26)24(25)28/h7-8,22-28H,2-6,9-21H2,1H3/b8-7+/t22-,23+,24+,25+/m0/s1. The molecule has 1 saturated heterocycles. The van der Waals surface area contributed by atoms with Crippen LogP contribution >= 0.6 is 0 Å². The van der Waals surface area contributed by atoms with E-state index in [1.807, 2.05) is 0 Å². The van der Waals surface area contributed by atoms with E-state index in [9.17, 15) is 10.2 Å². The van der Waals surface area contributed by atoms with E-state index in [0.717, 1.165) is 12.8 Å². The lowest BCUT2D eigenvalue weighted by Crippen LogP contribution is -2.55. The van der Waals surface area contributed by atoms with Crippen LogP contribution in [0.5, 0.6) is 0 Å². The van der Waals surface area contributed by atoms with Crippen molar-refractivity contribution in [2.45, 2.75) is 128 Å². The van der Waals surface area contributed by atoms with Crippen LogP contribution in [0.15, 0.2) is 12.2 Å².